The van der Waals surface area contributed by atoms with Crippen LogP contribution >= 0.6 is 0 Å². The highest BCUT2D eigenvalue weighted by molar-refractivity contribution is 5.79. The van der Waals surface area contributed by atoms with Gasteiger partial charge in [0.15, 0.2) is 0 Å². The molecule has 0 aromatic rings. The first-order valence-corrected chi connectivity index (χ1v) is 7.24. The Morgan fingerprint density at radius 1 is 0.941 bits per heavy atom. The second-order valence-electron chi connectivity index (χ2n) is 5.62. The molecule has 1 atom stereocenters. The summed E-state index contributed by atoms with van der Waals surface area (Å²) in [6, 6.07) is 0. The number of piperidine rings is 1. The fraction of sp³-hybridized carbons (Fsp3) is 0.929. The molecule has 1 heterocycles. The van der Waals surface area contributed by atoms with Gasteiger partial charge >= 0.3 is 0 Å². The summed E-state index contributed by atoms with van der Waals surface area (Å²) >= 11 is 0. The summed E-state index contributed by atoms with van der Waals surface area (Å²) in [5.74, 6) is 0.547. The van der Waals surface area contributed by atoms with Crippen molar-refractivity contribution in [1.29, 1.82) is 0 Å². The number of likely N-dealkylation sites (tertiary alicyclic amines) is 1. The molecule has 1 unspecified atom stereocenters. The third-order valence-corrected chi connectivity index (χ3v) is 4.16. The van der Waals surface area contributed by atoms with Crippen molar-refractivity contribution in [2.75, 3.05) is 13.1 Å². The van der Waals surface area contributed by atoms with Crippen LogP contribution in [0.15, 0.2) is 0 Å². The van der Waals surface area contributed by atoms with Gasteiger partial charge in [-0.15, -0.1) is 0 Å². The van der Waals surface area contributed by atoms with E-state index in [2.05, 4.69) is 0 Å². The first kappa shape index (κ1) is 12.9. The molecule has 3 nitrogen and oxygen atoms in total. The molecule has 0 bridgehead atoms. The zero-order chi connectivity index (χ0) is 12.1. The van der Waals surface area contributed by atoms with E-state index in [1.54, 1.807) is 0 Å². The maximum absolute atomic E-state index is 12.4. The molecule has 1 amide bonds. The van der Waals surface area contributed by atoms with Crippen LogP contribution in [-0.4, -0.2) is 35.1 Å². The Hall–Kier alpha value is -0.570. The van der Waals surface area contributed by atoms with Crippen molar-refractivity contribution in [3.05, 3.63) is 0 Å². The minimum absolute atomic E-state index is 0.237. The number of amides is 1. The molecule has 1 aliphatic carbocycles. The van der Waals surface area contributed by atoms with Crippen molar-refractivity contribution >= 4 is 5.91 Å². The molecule has 0 radical (unpaired) electrons. The Morgan fingerprint density at radius 2 is 1.59 bits per heavy atom. The SMILES string of the molecule is O=C(C1CCCCCCC1)N1CCCC(O)C1. The Labute approximate surface area is 104 Å². The lowest BCUT2D eigenvalue weighted by Gasteiger charge is -2.33. The molecule has 1 N–H and O–H groups in total. The maximum atomic E-state index is 12.4. The van der Waals surface area contributed by atoms with Crippen molar-refractivity contribution < 1.29 is 9.90 Å². The van der Waals surface area contributed by atoms with Gasteiger partial charge in [0.2, 0.25) is 5.91 Å². The lowest BCUT2D eigenvalue weighted by atomic mass is 9.89. The normalized spacial score (nSPS) is 28.5. The van der Waals surface area contributed by atoms with Gasteiger partial charge in [0, 0.05) is 19.0 Å². The van der Waals surface area contributed by atoms with Gasteiger partial charge in [0.05, 0.1) is 6.10 Å². The molecule has 1 saturated carbocycles. The third-order valence-electron chi connectivity index (χ3n) is 4.16. The van der Waals surface area contributed by atoms with Gasteiger partial charge in [-0.1, -0.05) is 32.1 Å². The van der Waals surface area contributed by atoms with Crippen LogP contribution in [0.4, 0.5) is 0 Å². The van der Waals surface area contributed by atoms with E-state index in [0.717, 1.165) is 32.2 Å². The van der Waals surface area contributed by atoms with Crippen molar-refractivity contribution in [2.45, 2.75) is 63.9 Å². The molecule has 0 aromatic heterocycles. The molecular weight excluding hydrogens is 214 g/mol. The van der Waals surface area contributed by atoms with Gasteiger partial charge < -0.3 is 10.0 Å². The van der Waals surface area contributed by atoms with Crippen LogP contribution in [0.2, 0.25) is 0 Å². The second kappa shape index (κ2) is 6.39. The predicted molar refractivity (Wildman–Crippen MR) is 67.6 cm³/mol. The van der Waals surface area contributed by atoms with E-state index >= 15 is 0 Å². The molecule has 1 aliphatic heterocycles. The van der Waals surface area contributed by atoms with Crippen molar-refractivity contribution in [2.24, 2.45) is 5.92 Å². The van der Waals surface area contributed by atoms with Crippen LogP contribution in [0.5, 0.6) is 0 Å². The predicted octanol–water partition coefficient (Wildman–Crippen LogP) is 2.33. The number of nitrogens with zero attached hydrogens (tertiary/aromatic N) is 1. The molecule has 2 aliphatic rings. The molecule has 0 aromatic carbocycles. The van der Waals surface area contributed by atoms with Crippen molar-refractivity contribution in [3.8, 4) is 0 Å². The third kappa shape index (κ3) is 3.70. The van der Waals surface area contributed by atoms with Crippen molar-refractivity contribution in [3.63, 3.8) is 0 Å². The molecule has 98 valence electrons. The van der Waals surface area contributed by atoms with E-state index in [9.17, 15) is 9.90 Å². The van der Waals surface area contributed by atoms with Crippen LogP contribution in [0.25, 0.3) is 0 Å². The highest BCUT2D eigenvalue weighted by Gasteiger charge is 2.27. The first-order valence-electron chi connectivity index (χ1n) is 7.24. The molecular formula is C14H25NO2. The Bertz CT molecular complexity index is 247. The fourth-order valence-corrected chi connectivity index (χ4v) is 3.12. The van der Waals surface area contributed by atoms with Gasteiger partial charge in [-0.05, 0) is 25.7 Å². The van der Waals surface area contributed by atoms with E-state index in [-0.39, 0.29) is 12.0 Å². The fourth-order valence-electron chi connectivity index (χ4n) is 3.12. The van der Waals surface area contributed by atoms with Gasteiger partial charge in [-0.3, -0.25) is 4.79 Å². The lowest BCUT2D eigenvalue weighted by Crippen LogP contribution is -2.45. The average Bonchev–Trinajstić information content (AvgIpc) is 2.28. The number of hydrogen-bond acceptors (Lipinski definition) is 2. The largest absolute Gasteiger partial charge is 0.391 e. The number of rotatable bonds is 1. The highest BCUT2D eigenvalue weighted by Crippen LogP contribution is 2.25. The van der Waals surface area contributed by atoms with Gasteiger partial charge in [-0.2, -0.15) is 0 Å². The zero-order valence-electron chi connectivity index (χ0n) is 10.7. The van der Waals surface area contributed by atoms with Crippen molar-refractivity contribution in [1.82, 2.24) is 4.90 Å². The monoisotopic (exact) mass is 239 g/mol. The average molecular weight is 239 g/mol. The number of hydrogen-bond donors (Lipinski definition) is 1. The van der Waals surface area contributed by atoms with E-state index in [1.807, 2.05) is 4.90 Å². The minimum atomic E-state index is -0.291. The molecule has 2 fully saturated rings. The quantitative estimate of drug-likeness (QED) is 0.763. The highest BCUT2D eigenvalue weighted by atomic mass is 16.3. The van der Waals surface area contributed by atoms with Gasteiger partial charge in [0.25, 0.3) is 0 Å². The maximum Gasteiger partial charge on any atom is 0.225 e. The number of aliphatic hydroxyl groups excluding tert-OH is 1. The van der Waals surface area contributed by atoms with E-state index < -0.39 is 0 Å². The topological polar surface area (TPSA) is 40.5 Å². The van der Waals surface area contributed by atoms with Crippen LogP contribution < -0.4 is 0 Å². The standard InChI is InChI=1S/C14H25NO2/c16-13-9-6-10-15(11-13)14(17)12-7-4-2-1-3-5-8-12/h12-13,16H,1-11H2. The summed E-state index contributed by atoms with van der Waals surface area (Å²) in [6.45, 7) is 1.42. The summed E-state index contributed by atoms with van der Waals surface area (Å²) in [7, 11) is 0. The summed E-state index contributed by atoms with van der Waals surface area (Å²) < 4.78 is 0. The Balaban J connectivity index is 1.87. The number of carbonyl (C=O) groups excluding carboxylic acids is 1. The van der Waals surface area contributed by atoms with E-state index in [1.165, 1.54) is 32.1 Å². The Kier molecular flexibility index (Phi) is 4.84. The summed E-state index contributed by atoms with van der Waals surface area (Å²) in [5, 5.41) is 9.63. The van der Waals surface area contributed by atoms with Gasteiger partial charge in [0.1, 0.15) is 0 Å². The van der Waals surface area contributed by atoms with Gasteiger partial charge in [-0.25, -0.2) is 0 Å². The molecule has 2 rings (SSSR count). The number of carbonyl (C=O) groups is 1. The molecule has 1 saturated heterocycles. The first-order chi connectivity index (χ1) is 8.27. The minimum Gasteiger partial charge on any atom is -0.391 e. The molecule has 17 heavy (non-hydrogen) atoms. The Morgan fingerprint density at radius 3 is 2.24 bits per heavy atom. The van der Waals surface area contributed by atoms with Crippen LogP contribution in [0.3, 0.4) is 0 Å². The van der Waals surface area contributed by atoms with Crippen LogP contribution in [0, 0.1) is 5.92 Å². The summed E-state index contributed by atoms with van der Waals surface area (Å²) in [6.07, 6.45) is 9.95. The van der Waals surface area contributed by atoms with E-state index in [4.69, 9.17) is 0 Å². The molecule has 0 spiro atoms. The lowest BCUT2D eigenvalue weighted by molar-refractivity contribution is -0.139. The van der Waals surface area contributed by atoms with Crippen LogP contribution in [-0.2, 0) is 4.79 Å². The summed E-state index contributed by atoms with van der Waals surface area (Å²) in [5.41, 5.74) is 0. The second-order valence-corrected chi connectivity index (χ2v) is 5.62. The number of β-amino-alcohol motifs (C(OH)–C–C–N with tert-alkyl or cyclic N) is 1. The number of aliphatic hydroxyl groups is 1. The van der Waals surface area contributed by atoms with Crippen LogP contribution in [0.1, 0.15) is 57.8 Å². The summed E-state index contributed by atoms with van der Waals surface area (Å²) in [4.78, 5) is 14.3. The van der Waals surface area contributed by atoms with E-state index in [0.29, 0.717) is 12.5 Å². The smallest absolute Gasteiger partial charge is 0.225 e. The molecule has 3 heteroatoms. The zero-order valence-corrected chi connectivity index (χ0v) is 10.7.